The number of hydrogen-bond acceptors (Lipinski definition) is 3. The Labute approximate surface area is 184 Å². The summed E-state index contributed by atoms with van der Waals surface area (Å²) in [5.41, 5.74) is 1.91. The quantitative estimate of drug-likeness (QED) is 0.281. The molecule has 30 heavy (non-hydrogen) atoms. The van der Waals surface area contributed by atoms with Crippen LogP contribution in [0, 0.1) is 46.3 Å². The summed E-state index contributed by atoms with van der Waals surface area (Å²) in [5.74, 6) is 4.05. The molecule has 3 heteroatoms. The van der Waals surface area contributed by atoms with Gasteiger partial charge in [0.2, 0.25) is 0 Å². The van der Waals surface area contributed by atoms with Crippen LogP contribution in [0.3, 0.4) is 0 Å². The molecule has 1 unspecified atom stereocenters. The molecule has 0 aromatic rings. The Morgan fingerprint density at radius 2 is 1.80 bits per heavy atom. The van der Waals surface area contributed by atoms with Gasteiger partial charge in [0.05, 0.1) is 6.10 Å². The van der Waals surface area contributed by atoms with E-state index in [9.17, 15) is 10.4 Å². The lowest BCUT2D eigenvalue weighted by Crippen LogP contribution is -2.55. The highest BCUT2D eigenvalue weighted by molar-refractivity contribution is 5.28. The maximum absolute atomic E-state index is 10.3. The van der Waals surface area contributed by atoms with Crippen LogP contribution in [0.4, 0.5) is 0 Å². The average Bonchev–Trinajstić information content (AvgIpc) is 3.05. The normalized spacial score (nSPS) is 46.7. The molecule has 172 valence electrons. The summed E-state index contributed by atoms with van der Waals surface area (Å²) in [6.07, 6.45) is 13.8. The van der Waals surface area contributed by atoms with Crippen LogP contribution in [0.2, 0.25) is 0 Å². The van der Waals surface area contributed by atoms with Crippen LogP contribution in [0.5, 0.6) is 0 Å². The number of rotatable bonds is 6. The number of hydrogen-bond donors (Lipinski definition) is 2. The lowest BCUT2D eigenvalue weighted by molar-refractivity contribution is -0.296. The Kier molecular flexibility index (Phi) is 6.48. The molecule has 0 bridgehead atoms. The predicted octanol–water partition coefficient (Wildman–Crippen LogP) is 6.86. The first-order valence-corrected chi connectivity index (χ1v) is 12.9. The molecule has 9 atom stereocenters. The standard InChI is InChI=1S/C27H46O3/c1-17(2)7-6-8-18(3)21-9-10-22-25-23(12-14-27(21,22)5)26(4)13-11-20(28)15-19(26)16-24(25)30-29/h16-18,20-25,28-29H,6-15H2,1-5H3/t18?,20-,21+,22-,23-,24-,25-,26-,27+/m0/s1. The highest BCUT2D eigenvalue weighted by Crippen LogP contribution is 2.67. The summed E-state index contributed by atoms with van der Waals surface area (Å²) in [5, 5.41) is 20.2. The van der Waals surface area contributed by atoms with Crippen molar-refractivity contribution in [3.05, 3.63) is 11.6 Å². The van der Waals surface area contributed by atoms with Crippen LogP contribution < -0.4 is 0 Å². The monoisotopic (exact) mass is 418 g/mol. The van der Waals surface area contributed by atoms with Gasteiger partial charge in [-0.1, -0.05) is 65.5 Å². The van der Waals surface area contributed by atoms with Crippen molar-refractivity contribution >= 4 is 0 Å². The molecular weight excluding hydrogens is 372 g/mol. The van der Waals surface area contributed by atoms with E-state index in [2.05, 4.69) is 40.7 Å². The van der Waals surface area contributed by atoms with Crippen molar-refractivity contribution < 1.29 is 15.3 Å². The maximum Gasteiger partial charge on any atom is 0.114 e. The van der Waals surface area contributed by atoms with Gasteiger partial charge >= 0.3 is 0 Å². The van der Waals surface area contributed by atoms with Gasteiger partial charge in [-0.25, -0.2) is 4.89 Å². The molecule has 4 aliphatic rings. The second kappa shape index (κ2) is 8.52. The maximum atomic E-state index is 10.3. The zero-order valence-corrected chi connectivity index (χ0v) is 20.1. The van der Waals surface area contributed by atoms with Gasteiger partial charge in [0.1, 0.15) is 6.10 Å². The highest BCUT2D eigenvalue weighted by atomic mass is 17.1. The van der Waals surface area contributed by atoms with Crippen LogP contribution in [0.25, 0.3) is 0 Å². The zero-order valence-electron chi connectivity index (χ0n) is 20.1. The Bertz CT molecular complexity index is 642. The molecule has 0 heterocycles. The van der Waals surface area contributed by atoms with Gasteiger partial charge in [-0.3, -0.25) is 5.26 Å². The fourth-order valence-corrected chi connectivity index (χ4v) is 8.73. The van der Waals surface area contributed by atoms with Gasteiger partial charge < -0.3 is 5.11 Å². The third-order valence-corrected chi connectivity index (χ3v) is 10.4. The van der Waals surface area contributed by atoms with E-state index in [1.54, 1.807) is 0 Å². The van der Waals surface area contributed by atoms with Crippen LogP contribution >= 0.6 is 0 Å². The summed E-state index contributed by atoms with van der Waals surface area (Å²) >= 11 is 0. The molecule has 0 aliphatic heterocycles. The number of aliphatic hydroxyl groups excluding tert-OH is 1. The summed E-state index contributed by atoms with van der Waals surface area (Å²) in [4.78, 5) is 5.17. The number of aliphatic hydroxyl groups is 1. The van der Waals surface area contributed by atoms with Gasteiger partial charge in [-0.05, 0) is 91.3 Å². The minimum atomic E-state index is -0.225. The second-order valence-corrected chi connectivity index (χ2v) is 12.4. The average molecular weight is 419 g/mol. The Balaban J connectivity index is 1.56. The summed E-state index contributed by atoms with van der Waals surface area (Å²) < 4.78 is 0. The van der Waals surface area contributed by atoms with Crippen molar-refractivity contribution in [3.8, 4) is 0 Å². The molecular formula is C27H46O3. The van der Waals surface area contributed by atoms with Gasteiger partial charge in [0, 0.05) is 0 Å². The Hall–Kier alpha value is -0.380. The SMILES string of the molecule is CC(C)CCCC(C)[C@H]1CC[C@H]2[C@@H]3[C@@H](OO)C=C4C[C@@H](O)CC[C@]4(C)[C@H]3CC[C@]12C. The molecule has 0 radical (unpaired) electrons. The predicted molar refractivity (Wildman–Crippen MR) is 122 cm³/mol. The minimum Gasteiger partial charge on any atom is -0.393 e. The molecule has 3 fully saturated rings. The van der Waals surface area contributed by atoms with Crippen molar-refractivity contribution in [2.24, 2.45) is 46.3 Å². The van der Waals surface area contributed by atoms with E-state index >= 15 is 0 Å². The molecule has 0 amide bonds. The van der Waals surface area contributed by atoms with Crippen LogP contribution in [0.15, 0.2) is 11.6 Å². The van der Waals surface area contributed by atoms with E-state index < -0.39 is 0 Å². The van der Waals surface area contributed by atoms with Crippen LogP contribution in [-0.4, -0.2) is 22.6 Å². The van der Waals surface area contributed by atoms with E-state index in [1.165, 1.54) is 50.5 Å². The molecule has 0 aromatic heterocycles. The van der Waals surface area contributed by atoms with Crippen molar-refractivity contribution in [3.63, 3.8) is 0 Å². The Morgan fingerprint density at radius 3 is 2.50 bits per heavy atom. The van der Waals surface area contributed by atoms with Crippen LogP contribution in [-0.2, 0) is 4.89 Å². The summed E-state index contributed by atoms with van der Waals surface area (Å²) in [7, 11) is 0. The largest absolute Gasteiger partial charge is 0.393 e. The van der Waals surface area contributed by atoms with E-state index in [0.29, 0.717) is 23.2 Å². The lowest BCUT2D eigenvalue weighted by atomic mass is 9.46. The molecule has 0 aromatic carbocycles. The summed E-state index contributed by atoms with van der Waals surface area (Å²) in [6, 6.07) is 0. The first-order valence-electron chi connectivity index (χ1n) is 12.9. The topological polar surface area (TPSA) is 49.7 Å². The molecule has 2 N–H and O–H groups in total. The van der Waals surface area contributed by atoms with E-state index in [1.807, 2.05) is 0 Å². The smallest absolute Gasteiger partial charge is 0.114 e. The molecule has 3 nitrogen and oxygen atoms in total. The minimum absolute atomic E-state index is 0.182. The fraction of sp³-hybridized carbons (Fsp3) is 0.926. The highest BCUT2D eigenvalue weighted by Gasteiger charge is 2.61. The van der Waals surface area contributed by atoms with Gasteiger partial charge in [0.15, 0.2) is 0 Å². The van der Waals surface area contributed by atoms with E-state index in [0.717, 1.165) is 37.0 Å². The fourth-order valence-electron chi connectivity index (χ4n) is 8.73. The molecule has 4 rings (SSSR count). The van der Waals surface area contributed by atoms with E-state index in [4.69, 9.17) is 4.89 Å². The molecule has 4 aliphatic carbocycles. The zero-order chi connectivity index (χ0) is 21.7. The first kappa shape index (κ1) is 22.8. The molecule has 0 saturated heterocycles. The third kappa shape index (κ3) is 3.71. The van der Waals surface area contributed by atoms with Gasteiger partial charge in [-0.15, -0.1) is 0 Å². The molecule has 3 saturated carbocycles. The van der Waals surface area contributed by atoms with Crippen molar-refractivity contribution in [1.82, 2.24) is 0 Å². The third-order valence-electron chi connectivity index (χ3n) is 10.4. The lowest BCUT2D eigenvalue weighted by Gasteiger charge is -2.59. The van der Waals surface area contributed by atoms with E-state index in [-0.39, 0.29) is 17.6 Å². The first-order chi connectivity index (χ1) is 14.2. The second-order valence-electron chi connectivity index (χ2n) is 12.4. The van der Waals surface area contributed by atoms with Crippen molar-refractivity contribution in [2.75, 3.05) is 0 Å². The van der Waals surface area contributed by atoms with Crippen molar-refractivity contribution in [1.29, 1.82) is 0 Å². The van der Waals surface area contributed by atoms with Gasteiger partial charge in [0.25, 0.3) is 0 Å². The Morgan fingerprint density at radius 1 is 1.03 bits per heavy atom. The summed E-state index contributed by atoms with van der Waals surface area (Å²) in [6.45, 7) is 12.2. The van der Waals surface area contributed by atoms with Crippen LogP contribution in [0.1, 0.15) is 98.8 Å². The van der Waals surface area contributed by atoms with Crippen molar-refractivity contribution in [2.45, 2.75) is 111 Å². The molecule has 0 spiro atoms. The van der Waals surface area contributed by atoms with Gasteiger partial charge in [-0.2, -0.15) is 0 Å². The number of fused-ring (bicyclic) bond motifs is 5.